The highest BCUT2D eigenvalue weighted by molar-refractivity contribution is 5.89. The lowest BCUT2D eigenvalue weighted by Gasteiger charge is -2.27. The zero-order chi connectivity index (χ0) is 19.8. The smallest absolute Gasteiger partial charge is 0.408 e. The molecule has 0 rings (SSSR count). The van der Waals surface area contributed by atoms with E-state index in [0.717, 1.165) is 0 Å². The van der Waals surface area contributed by atoms with Gasteiger partial charge in [-0.3, -0.25) is 9.59 Å². The molecule has 0 heterocycles. The van der Waals surface area contributed by atoms with Crippen LogP contribution in [0.5, 0.6) is 0 Å². The molecule has 0 aromatic rings. The van der Waals surface area contributed by atoms with Crippen molar-refractivity contribution in [3.05, 3.63) is 0 Å². The predicted molar refractivity (Wildman–Crippen MR) is 90.6 cm³/mol. The first kappa shape index (κ1) is 22.7. The van der Waals surface area contributed by atoms with Crippen LogP contribution in [-0.2, 0) is 19.1 Å². The molecule has 3 amide bonds. The van der Waals surface area contributed by atoms with Crippen LogP contribution in [0.1, 0.15) is 53.9 Å². The fourth-order valence-corrected chi connectivity index (χ4v) is 1.94. The van der Waals surface area contributed by atoms with Gasteiger partial charge in [-0.15, -0.1) is 0 Å². The summed E-state index contributed by atoms with van der Waals surface area (Å²) in [7, 11) is 0. The Morgan fingerprint density at radius 3 is 2.12 bits per heavy atom. The van der Waals surface area contributed by atoms with Gasteiger partial charge in [0.2, 0.25) is 11.8 Å². The normalized spacial score (nSPS) is 14.8. The molecule has 0 aromatic carbocycles. The number of alkyl carbamates (subject to hydrolysis) is 1. The molecule has 0 aliphatic rings. The Morgan fingerprint density at radius 2 is 1.72 bits per heavy atom. The summed E-state index contributed by atoms with van der Waals surface area (Å²) in [5.41, 5.74) is 4.28. The quantitative estimate of drug-likeness (QED) is 0.478. The highest BCUT2D eigenvalue weighted by atomic mass is 16.6. The van der Waals surface area contributed by atoms with Gasteiger partial charge < -0.3 is 26.2 Å². The van der Waals surface area contributed by atoms with Crippen LogP contribution in [0.3, 0.4) is 0 Å². The summed E-state index contributed by atoms with van der Waals surface area (Å²) in [4.78, 5) is 46.4. The number of nitrogens with one attached hydrogen (secondary N) is 2. The molecule has 5 N–H and O–H groups in total. The summed E-state index contributed by atoms with van der Waals surface area (Å²) in [5.74, 6) is -2.85. The van der Waals surface area contributed by atoms with Gasteiger partial charge >= 0.3 is 12.1 Å². The first-order valence-electron chi connectivity index (χ1n) is 8.18. The minimum Gasteiger partial charge on any atom is -0.480 e. The predicted octanol–water partition coefficient (Wildman–Crippen LogP) is 0.761. The third kappa shape index (κ3) is 9.53. The number of carboxylic acid groups (broad SMARTS) is 1. The number of primary amides is 1. The largest absolute Gasteiger partial charge is 0.480 e. The molecule has 0 fully saturated rings. The molecule has 9 heteroatoms. The SMILES string of the molecule is CC[C@H](C)[C@@H](NC(=O)OC(C)(C)C)C(=O)N[C@H](CCC(N)=O)C(=O)O. The summed E-state index contributed by atoms with van der Waals surface area (Å²) in [6.07, 6.45) is -0.495. The number of carbonyl (C=O) groups excluding carboxylic acids is 3. The van der Waals surface area contributed by atoms with Gasteiger partial charge in [0.25, 0.3) is 0 Å². The van der Waals surface area contributed by atoms with Crippen LogP contribution < -0.4 is 16.4 Å². The zero-order valence-electron chi connectivity index (χ0n) is 15.4. The van der Waals surface area contributed by atoms with Gasteiger partial charge in [-0.2, -0.15) is 0 Å². The minimum atomic E-state index is -1.28. The molecular formula is C16H29N3O6. The molecule has 0 aliphatic heterocycles. The number of rotatable bonds is 9. The van der Waals surface area contributed by atoms with Gasteiger partial charge in [0.15, 0.2) is 0 Å². The monoisotopic (exact) mass is 359 g/mol. The van der Waals surface area contributed by atoms with E-state index in [1.165, 1.54) is 0 Å². The summed E-state index contributed by atoms with van der Waals surface area (Å²) in [6, 6.07) is -2.23. The van der Waals surface area contributed by atoms with Crippen molar-refractivity contribution in [3.8, 4) is 0 Å². The number of aliphatic carboxylic acids is 1. The van der Waals surface area contributed by atoms with Gasteiger partial charge in [-0.1, -0.05) is 20.3 Å². The van der Waals surface area contributed by atoms with Crippen LogP contribution in [0.2, 0.25) is 0 Å². The maximum atomic E-state index is 12.4. The Morgan fingerprint density at radius 1 is 1.16 bits per heavy atom. The van der Waals surface area contributed by atoms with Crippen molar-refractivity contribution in [1.29, 1.82) is 0 Å². The average molecular weight is 359 g/mol. The summed E-state index contributed by atoms with van der Waals surface area (Å²) >= 11 is 0. The van der Waals surface area contributed by atoms with E-state index in [0.29, 0.717) is 6.42 Å². The van der Waals surface area contributed by atoms with Crippen LogP contribution in [0.25, 0.3) is 0 Å². The Hall–Kier alpha value is -2.32. The number of hydrogen-bond acceptors (Lipinski definition) is 5. The van der Waals surface area contributed by atoms with Crippen LogP contribution in [0, 0.1) is 5.92 Å². The Balaban J connectivity index is 5.06. The fourth-order valence-electron chi connectivity index (χ4n) is 1.94. The molecule has 0 saturated heterocycles. The van der Waals surface area contributed by atoms with E-state index in [9.17, 15) is 19.2 Å². The molecule has 25 heavy (non-hydrogen) atoms. The Kier molecular flexibility index (Phi) is 8.94. The summed E-state index contributed by atoms with van der Waals surface area (Å²) < 4.78 is 5.14. The lowest BCUT2D eigenvalue weighted by molar-refractivity contribution is -0.142. The fraction of sp³-hybridized carbons (Fsp3) is 0.750. The van der Waals surface area contributed by atoms with Crippen molar-refractivity contribution >= 4 is 23.9 Å². The lowest BCUT2D eigenvalue weighted by Crippen LogP contribution is -2.54. The third-order valence-electron chi connectivity index (χ3n) is 3.46. The molecule has 0 saturated carbocycles. The number of hydrogen-bond donors (Lipinski definition) is 4. The summed E-state index contributed by atoms with van der Waals surface area (Å²) in [5, 5.41) is 14.0. The number of amides is 3. The first-order valence-corrected chi connectivity index (χ1v) is 8.18. The molecule has 3 atom stereocenters. The Bertz CT molecular complexity index is 501. The molecule has 9 nitrogen and oxygen atoms in total. The van der Waals surface area contributed by atoms with Crippen molar-refractivity contribution in [2.24, 2.45) is 11.7 Å². The molecule has 0 unspecified atom stereocenters. The maximum Gasteiger partial charge on any atom is 0.408 e. The van der Waals surface area contributed by atoms with Crippen molar-refractivity contribution in [3.63, 3.8) is 0 Å². The maximum absolute atomic E-state index is 12.4. The topological polar surface area (TPSA) is 148 Å². The average Bonchev–Trinajstić information content (AvgIpc) is 2.45. The molecule has 0 radical (unpaired) electrons. The molecule has 0 aromatic heterocycles. The lowest BCUT2D eigenvalue weighted by atomic mass is 9.98. The molecular weight excluding hydrogens is 330 g/mol. The second kappa shape index (κ2) is 9.85. The van der Waals surface area contributed by atoms with E-state index in [2.05, 4.69) is 10.6 Å². The molecule has 0 bridgehead atoms. The van der Waals surface area contributed by atoms with Gasteiger partial charge in [0.05, 0.1) is 0 Å². The van der Waals surface area contributed by atoms with Gasteiger partial charge in [-0.25, -0.2) is 9.59 Å². The standard InChI is InChI=1S/C16H29N3O6/c1-6-9(2)12(19-15(24)25-16(3,4)5)13(21)18-10(14(22)23)7-8-11(17)20/h9-10,12H,6-8H2,1-5H3,(H2,17,20)(H,18,21)(H,19,24)(H,22,23)/t9-,10+,12+/m0/s1. The van der Waals surface area contributed by atoms with Crippen LogP contribution in [-0.4, -0.2) is 46.7 Å². The number of ether oxygens (including phenoxy) is 1. The van der Waals surface area contributed by atoms with Crippen LogP contribution >= 0.6 is 0 Å². The second-order valence-electron chi connectivity index (χ2n) is 6.91. The van der Waals surface area contributed by atoms with E-state index in [1.54, 1.807) is 27.7 Å². The number of carboxylic acids is 1. The zero-order valence-corrected chi connectivity index (χ0v) is 15.4. The van der Waals surface area contributed by atoms with Crippen molar-refractivity contribution in [2.45, 2.75) is 71.6 Å². The van der Waals surface area contributed by atoms with Gasteiger partial charge in [0, 0.05) is 6.42 Å². The highest BCUT2D eigenvalue weighted by Gasteiger charge is 2.31. The van der Waals surface area contributed by atoms with E-state index in [1.807, 2.05) is 6.92 Å². The number of nitrogens with two attached hydrogens (primary N) is 1. The molecule has 0 aliphatic carbocycles. The van der Waals surface area contributed by atoms with E-state index in [4.69, 9.17) is 15.6 Å². The number of carbonyl (C=O) groups is 4. The first-order chi connectivity index (χ1) is 11.4. The molecule has 0 spiro atoms. The van der Waals surface area contributed by atoms with E-state index >= 15 is 0 Å². The third-order valence-corrected chi connectivity index (χ3v) is 3.46. The van der Waals surface area contributed by atoms with E-state index in [-0.39, 0.29) is 18.8 Å². The highest BCUT2D eigenvalue weighted by Crippen LogP contribution is 2.12. The van der Waals surface area contributed by atoms with Crippen LogP contribution in [0.4, 0.5) is 4.79 Å². The van der Waals surface area contributed by atoms with Crippen LogP contribution in [0.15, 0.2) is 0 Å². The van der Waals surface area contributed by atoms with Crippen molar-refractivity contribution in [2.75, 3.05) is 0 Å². The van der Waals surface area contributed by atoms with Gasteiger partial charge in [-0.05, 0) is 33.1 Å². The minimum absolute atomic E-state index is 0.129. The Labute approximate surface area is 147 Å². The summed E-state index contributed by atoms with van der Waals surface area (Å²) in [6.45, 7) is 8.66. The van der Waals surface area contributed by atoms with Crippen molar-refractivity contribution < 1.29 is 29.0 Å². The van der Waals surface area contributed by atoms with Gasteiger partial charge in [0.1, 0.15) is 17.7 Å². The van der Waals surface area contributed by atoms with E-state index < -0.39 is 41.6 Å². The molecule has 144 valence electrons. The van der Waals surface area contributed by atoms with Crippen molar-refractivity contribution in [1.82, 2.24) is 10.6 Å². The second-order valence-corrected chi connectivity index (χ2v) is 6.91.